The zero-order chi connectivity index (χ0) is 10.8. The third-order valence-corrected chi connectivity index (χ3v) is 3.29. The van der Waals surface area contributed by atoms with Crippen LogP contribution in [0.3, 0.4) is 0 Å². The molecule has 2 atom stereocenters. The lowest BCUT2D eigenvalue weighted by molar-refractivity contribution is 0.00984. The predicted molar refractivity (Wildman–Crippen MR) is 61.3 cm³/mol. The standard InChI is InChI=1S/C13H17NO2/c1-2-4-11(5-3-1)13(12-10-16-12)14-6-8-15-9-7-14/h1-5,12-13H,6-10H2/t12-,13+/m0/s1. The van der Waals surface area contributed by atoms with Crippen LogP contribution in [0.25, 0.3) is 0 Å². The maximum atomic E-state index is 5.50. The van der Waals surface area contributed by atoms with Crippen molar-refractivity contribution >= 4 is 0 Å². The minimum atomic E-state index is 0.389. The van der Waals surface area contributed by atoms with Gasteiger partial charge in [-0.25, -0.2) is 0 Å². The summed E-state index contributed by atoms with van der Waals surface area (Å²) < 4.78 is 10.9. The van der Waals surface area contributed by atoms with E-state index in [9.17, 15) is 0 Å². The zero-order valence-electron chi connectivity index (χ0n) is 9.34. The minimum Gasteiger partial charge on any atom is -0.379 e. The first kappa shape index (κ1) is 10.3. The highest BCUT2D eigenvalue weighted by Crippen LogP contribution is 2.33. The van der Waals surface area contributed by atoms with E-state index >= 15 is 0 Å². The van der Waals surface area contributed by atoms with Crippen LogP contribution in [-0.4, -0.2) is 43.9 Å². The van der Waals surface area contributed by atoms with Gasteiger partial charge < -0.3 is 9.47 Å². The molecule has 0 bridgehead atoms. The molecule has 1 aromatic rings. The number of hydrogen-bond acceptors (Lipinski definition) is 3. The monoisotopic (exact) mass is 219 g/mol. The van der Waals surface area contributed by atoms with Gasteiger partial charge in [-0.1, -0.05) is 30.3 Å². The molecule has 0 saturated carbocycles. The topological polar surface area (TPSA) is 25.0 Å². The Hall–Kier alpha value is -0.900. The molecule has 86 valence electrons. The second-order valence-corrected chi connectivity index (χ2v) is 4.38. The molecule has 0 unspecified atom stereocenters. The number of epoxide rings is 1. The smallest absolute Gasteiger partial charge is 0.101 e. The Morgan fingerprint density at radius 2 is 1.81 bits per heavy atom. The highest BCUT2D eigenvalue weighted by Gasteiger charge is 2.38. The highest BCUT2D eigenvalue weighted by molar-refractivity contribution is 5.21. The van der Waals surface area contributed by atoms with Gasteiger partial charge in [0.1, 0.15) is 6.10 Å². The first-order chi connectivity index (χ1) is 7.95. The van der Waals surface area contributed by atoms with Crippen molar-refractivity contribution in [3.63, 3.8) is 0 Å². The van der Waals surface area contributed by atoms with E-state index in [4.69, 9.17) is 9.47 Å². The normalized spacial score (nSPS) is 27.6. The molecule has 1 aromatic carbocycles. The van der Waals surface area contributed by atoms with Crippen LogP contribution in [0.5, 0.6) is 0 Å². The van der Waals surface area contributed by atoms with Crippen LogP contribution < -0.4 is 0 Å². The Morgan fingerprint density at radius 3 is 2.44 bits per heavy atom. The van der Waals surface area contributed by atoms with Crippen LogP contribution in [0.2, 0.25) is 0 Å². The van der Waals surface area contributed by atoms with Crippen molar-refractivity contribution in [2.24, 2.45) is 0 Å². The van der Waals surface area contributed by atoms with Crippen molar-refractivity contribution in [2.75, 3.05) is 32.9 Å². The fourth-order valence-corrected chi connectivity index (χ4v) is 2.40. The Balaban J connectivity index is 1.80. The number of morpholine rings is 1. The summed E-state index contributed by atoms with van der Waals surface area (Å²) in [6, 6.07) is 11.1. The van der Waals surface area contributed by atoms with Gasteiger partial charge in [0, 0.05) is 13.1 Å². The summed E-state index contributed by atoms with van der Waals surface area (Å²) in [6.45, 7) is 4.61. The molecule has 0 radical (unpaired) electrons. The van der Waals surface area contributed by atoms with E-state index in [2.05, 4.69) is 35.2 Å². The van der Waals surface area contributed by atoms with Crippen LogP contribution in [0.4, 0.5) is 0 Å². The van der Waals surface area contributed by atoms with Gasteiger partial charge >= 0.3 is 0 Å². The molecule has 2 aliphatic rings. The van der Waals surface area contributed by atoms with Crippen LogP contribution in [-0.2, 0) is 9.47 Å². The summed E-state index contributed by atoms with van der Waals surface area (Å²) in [5.74, 6) is 0. The third kappa shape index (κ3) is 2.12. The highest BCUT2D eigenvalue weighted by atomic mass is 16.6. The van der Waals surface area contributed by atoms with Crippen LogP contribution >= 0.6 is 0 Å². The first-order valence-electron chi connectivity index (χ1n) is 5.93. The number of hydrogen-bond donors (Lipinski definition) is 0. The predicted octanol–water partition coefficient (Wildman–Crippen LogP) is 1.46. The quantitative estimate of drug-likeness (QED) is 0.719. The lowest BCUT2D eigenvalue weighted by Gasteiger charge is -2.33. The van der Waals surface area contributed by atoms with Gasteiger partial charge in [-0.3, -0.25) is 4.90 Å². The van der Waals surface area contributed by atoms with Gasteiger partial charge in [-0.15, -0.1) is 0 Å². The van der Waals surface area contributed by atoms with Crippen molar-refractivity contribution in [1.29, 1.82) is 0 Å². The maximum absolute atomic E-state index is 5.50. The van der Waals surface area contributed by atoms with Gasteiger partial charge in [0.05, 0.1) is 25.9 Å². The molecular weight excluding hydrogens is 202 g/mol. The Bertz CT molecular complexity index is 331. The number of rotatable bonds is 3. The van der Waals surface area contributed by atoms with Crippen molar-refractivity contribution in [1.82, 2.24) is 4.90 Å². The number of nitrogens with zero attached hydrogens (tertiary/aromatic N) is 1. The third-order valence-electron chi connectivity index (χ3n) is 3.29. The molecule has 0 N–H and O–H groups in total. The fraction of sp³-hybridized carbons (Fsp3) is 0.538. The Labute approximate surface area is 96.0 Å². The molecule has 16 heavy (non-hydrogen) atoms. The summed E-state index contributed by atoms with van der Waals surface area (Å²) in [7, 11) is 0. The molecule has 2 fully saturated rings. The van der Waals surface area contributed by atoms with E-state index < -0.39 is 0 Å². The van der Waals surface area contributed by atoms with E-state index in [0.717, 1.165) is 32.9 Å². The first-order valence-corrected chi connectivity index (χ1v) is 5.93. The molecule has 2 heterocycles. The SMILES string of the molecule is c1ccc([C@H]([C@@H]2CO2)N2CCOCC2)cc1. The van der Waals surface area contributed by atoms with Crippen molar-refractivity contribution < 1.29 is 9.47 Å². The molecule has 3 rings (SSSR count). The van der Waals surface area contributed by atoms with E-state index in [1.165, 1.54) is 5.56 Å². The molecule has 2 saturated heterocycles. The second kappa shape index (κ2) is 4.53. The van der Waals surface area contributed by atoms with E-state index in [0.29, 0.717) is 12.1 Å². The van der Waals surface area contributed by atoms with Gasteiger partial charge in [-0.2, -0.15) is 0 Å². The van der Waals surface area contributed by atoms with Crippen molar-refractivity contribution in [2.45, 2.75) is 12.1 Å². The van der Waals surface area contributed by atoms with Gasteiger partial charge in [0.15, 0.2) is 0 Å². The van der Waals surface area contributed by atoms with Gasteiger partial charge in [0.25, 0.3) is 0 Å². The fourth-order valence-electron chi connectivity index (χ4n) is 2.40. The van der Waals surface area contributed by atoms with Gasteiger partial charge in [0.2, 0.25) is 0 Å². The van der Waals surface area contributed by atoms with Crippen LogP contribution in [0, 0.1) is 0 Å². The number of ether oxygens (including phenoxy) is 2. The van der Waals surface area contributed by atoms with Crippen molar-refractivity contribution in [3.8, 4) is 0 Å². The van der Waals surface area contributed by atoms with Crippen LogP contribution in [0.1, 0.15) is 11.6 Å². The molecule has 2 aliphatic heterocycles. The Morgan fingerprint density at radius 1 is 1.12 bits per heavy atom. The van der Waals surface area contributed by atoms with Crippen LogP contribution in [0.15, 0.2) is 30.3 Å². The van der Waals surface area contributed by atoms with Gasteiger partial charge in [-0.05, 0) is 5.56 Å². The maximum Gasteiger partial charge on any atom is 0.101 e. The molecule has 0 aliphatic carbocycles. The largest absolute Gasteiger partial charge is 0.379 e. The molecule has 3 heteroatoms. The molecule has 3 nitrogen and oxygen atoms in total. The lowest BCUT2D eigenvalue weighted by atomic mass is 10.0. The second-order valence-electron chi connectivity index (χ2n) is 4.38. The summed E-state index contributed by atoms with van der Waals surface area (Å²) in [5.41, 5.74) is 1.37. The molecule has 0 spiro atoms. The summed E-state index contributed by atoms with van der Waals surface area (Å²) in [6.07, 6.45) is 0.389. The summed E-state index contributed by atoms with van der Waals surface area (Å²) >= 11 is 0. The molecular formula is C13H17NO2. The molecule has 0 aromatic heterocycles. The lowest BCUT2D eigenvalue weighted by Crippen LogP contribution is -2.41. The summed E-state index contributed by atoms with van der Waals surface area (Å²) in [4.78, 5) is 2.48. The Kier molecular flexibility index (Phi) is 2.91. The summed E-state index contributed by atoms with van der Waals surface area (Å²) in [5, 5.41) is 0. The average Bonchev–Trinajstić information content (AvgIpc) is 3.17. The molecule has 0 amide bonds. The van der Waals surface area contributed by atoms with E-state index in [1.54, 1.807) is 0 Å². The zero-order valence-corrected chi connectivity index (χ0v) is 9.34. The average molecular weight is 219 g/mol. The number of benzene rings is 1. The minimum absolute atomic E-state index is 0.389. The van der Waals surface area contributed by atoms with E-state index in [1.807, 2.05) is 0 Å². The van der Waals surface area contributed by atoms with Crippen molar-refractivity contribution in [3.05, 3.63) is 35.9 Å². The van der Waals surface area contributed by atoms with E-state index in [-0.39, 0.29) is 0 Å².